The van der Waals surface area contributed by atoms with Gasteiger partial charge in [0.25, 0.3) is 0 Å². The number of nitrogens with zero attached hydrogens (tertiary/aromatic N) is 1. The summed E-state index contributed by atoms with van der Waals surface area (Å²) in [6, 6.07) is 11.8. The quantitative estimate of drug-likeness (QED) is 0.633. The zero-order valence-electron chi connectivity index (χ0n) is 16.1. The van der Waals surface area contributed by atoms with Crippen LogP contribution in [0.15, 0.2) is 53.4 Å². The van der Waals surface area contributed by atoms with Gasteiger partial charge in [-0.05, 0) is 54.3 Å². The van der Waals surface area contributed by atoms with Crippen molar-refractivity contribution in [1.82, 2.24) is 4.31 Å². The Morgan fingerprint density at radius 2 is 1.68 bits per heavy atom. The second kappa shape index (κ2) is 9.41. The van der Waals surface area contributed by atoms with Gasteiger partial charge < -0.3 is 10.4 Å². The van der Waals surface area contributed by atoms with Gasteiger partial charge in [0.15, 0.2) is 0 Å². The van der Waals surface area contributed by atoms with Gasteiger partial charge in [0.05, 0.1) is 4.90 Å². The Morgan fingerprint density at radius 1 is 1.11 bits per heavy atom. The van der Waals surface area contributed by atoms with Crippen LogP contribution in [0.2, 0.25) is 5.02 Å². The SMILES string of the molecule is CNc1ccc(CN([C@H](CC(C)C)C(=O)O)S(=O)(=O)c2ccc(Cl)cc2)cc1. The van der Waals surface area contributed by atoms with E-state index >= 15 is 0 Å². The van der Waals surface area contributed by atoms with Gasteiger partial charge in [0.2, 0.25) is 10.0 Å². The number of hydrogen-bond acceptors (Lipinski definition) is 4. The highest BCUT2D eigenvalue weighted by Crippen LogP contribution is 2.26. The Bertz CT molecular complexity index is 897. The number of halogens is 1. The first-order chi connectivity index (χ1) is 13.1. The summed E-state index contributed by atoms with van der Waals surface area (Å²) in [6.07, 6.45) is 0.205. The standard InChI is InChI=1S/C20H25ClN2O4S/c1-14(2)12-19(20(24)25)23(13-15-4-8-17(22-3)9-5-15)28(26,27)18-10-6-16(21)7-11-18/h4-11,14,19,22H,12-13H2,1-3H3,(H,24,25)/t19-/m1/s1. The third-order valence-corrected chi connectivity index (χ3v) is 6.45. The smallest absolute Gasteiger partial charge is 0.322 e. The van der Waals surface area contributed by atoms with E-state index in [1.807, 2.05) is 26.0 Å². The van der Waals surface area contributed by atoms with Crippen LogP contribution in [0.25, 0.3) is 0 Å². The predicted molar refractivity (Wildman–Crippen MR) is 111 cm³/mol. The number of sulfonamides is 1. The van der Waals surface area contributed by atoms with Gasteiger partial charge in [-0.3, -0.25) is 4.79 Å². The minimum Gasteiger partial charge on any atom is -0.480 e. The van der Waals surface area contributed by atoms with Crippen LogP contribution in [0, 0.1) is 5.92 Å². The topological polar surface area (TPSA) is 86.7 Å². The molecule has 2 aromatic carbocycles. The fourth-order valence-corrected chi connectivity index (χ4v) is 4.56. The molecule has 0 radical (unpaired) electrons. The highest BCUT2D eigenvalue weighted by Gasteiger charge is 2.36. The first-order valence-corrected chi connectivity index (χ1v) is 10.7. The van der Waals surface area contributed by atoms with E-state index in [0.29, 0.717) is 10.6 Å². The molecule has 0 spiro atoms. The number of aliphatic carboxylic acids is 1. The molecule has 0 saturated carbocycles. The molecule has 2 aromatic rings. The number of anilines is 1. The average molecular weight is 425 g/mol. The van der Waals surface area contributed by atoms with E-state index < -0.39 is 22.0 Å². The largest absolute Gasteiger partial charge is 0.480 e. The molecule has 0 aliphatic carbocycles. The molecule has 0 bridgehead atoms. The molecule has 6 nitrogen and oxygen atoms in total. The molecule has 152 valence electrons. The lowest BCUT2D eigenvalue weighted by Crippen LogP contribution is -2.45. The summed E-state index contributed by atoms with van der Waals surface area (Å²) < 4.78 is 27.7. The van der Waals surface area contributed by atoms with Crippen LogP contribution in [0.3, 0.4) is 0 Å². The summed E-state index contributed by atoms with van der Waals surface area (Å²) in [5.41, 5.74) is 1.58. The summed E-state index contributed by atoms with van der Waals surface area (Å²) in [5, 5.41) is 13.2. The van der Waals surface area contributed by atoms with Crippen molar-refractivity contribution in [2.75, 3.05) is 12.4 Å². The summed E-state index contributed by atoms with van der Waals surface area (Å²) >= 11 is 5.87. The lowest BCUT2D eigenvalue weighted by atomic mass is 10.0. The van der Waals surface area contributed by atoms with Crippen molar-refractivity contribution in [2.24, 2.45) is 5.92 Å². The highest BCUT2D eigenvalue weighted by molar-refractivity contribution is 7.89. The number of carbonyl (C=O) groups is 1. The van der Waals surface area contributed by atoms with E-state index in [1.165, 1.54) is 24.3 Å². The van der Waals surface area contributed by atoms with Crippen LogP contribution >= 0.6 is 11.6 Å². The van der Waals surface area contributed by atoms with Crippen molar-refractivity contribution >= 4 is 33.3 Å². The monoisotopic (exact) mass is 424 g/mol. The average Bonchev–Trinajstić information content (AvgIpc) is 2.65. The number of benzene rings is 2. The van der Waals surface area contributed by atoms with E-state index in [9.17, 15) is 18.3 Å². The van der Waals surface area contributed by atoms with Gasteiger partial charge >= 0.3 is 5.97 Å². The number of nitrogens with one attached hydrogen (secondary N) is 1. The van der Waals surface area contributed by atoms with Gasteiger partial charge in [-0.15, -0.1) is 0 Å². The Labute approximate surface area is 171 Å². The Balaban J connectivity index is 2.49. The normalized spacial score (nSPS) is 12.9. The third kappa shape index (κ3) is 5.47. The van der Waals surface area contributed by atoms with Crippen molar-refractivity contribution in [3.63, 3.8) is 0 Å². The van der Waals surface area contributed by atoms with Crippen LogP contribution in [0.1, 0.15) is 25.8 Å². The van der Waals surface area contributed by atoms with E-state index in [4.69, 9.17) is 11.6 Å². The van der Waals surface area contributed by atoms with E-state index in [-0.39, 0.29) is 23.8 Å². The molecule has 0 amide bonds. The third-order valence-electron chi connectivity index (χ3n) is 4.33. The lowest BCUT2D eigenvalue weighted by molar-refractivity contribution is -0.142. The molecular formula is C20H25ClN2O4S. The lowest BCUT2D eigenvalue weighted by Gasteiger charge is -2.29. The van der Waals surface area contributed by atoms with E-state index in [2.05, 4.69) is 5.32 Å². The number of rotatable bonds is 9. The van der Waals surface area contributed by atoms with Crippen molar-refractivity contribution < 1.29 is 18.3 Å². The summed E-state index contributed by atoms with van der Waals surface area (Å²) in [4.78, 5) is 12.0. The molecule has 0 heterocycles. The minimum absolute atomic E-state index is 0.00989. The maximum absolute atomic E-state index is 13.3. The van der Waals surface area contributed by atoms with E-state index in [0.717, 1.165) is 9.99 Å². The molecule has 0 fully saturated rings. The van der Waals surface area contributed by atoms with Crippen LogP contribution in [0.4, 0.5) is 5.69 Å². The van der Waals surface area contributed by atoms with Crippen molar-refractivity contribution in [1.29, 1.82) is 0 Å². The van der Waals surface area contributed by atoms with Crippen molar-refractivity contribution in [3.05, 3.63) is 59.1 Å². The summed E-state index contributed by atoms with van der Waals surface area (Å²) in [6.45, 7) is 3.69. The molecule has 0 aliphatic rings. The van der Waals surface area contributed by atoms with Crippen molar-refractivity contribution in [2.45, 2.75) is 37.8 Å². The molecule has 1 atom stereocenters. The first-order valence-electron chi connectivity index (χ1n) is 8.92. The second-order valence-electron chi connectivity index (χ2n) is 6.93. The maximum Gasteiger partial charge on any atom is 0.322 e. The Hall–Kier alpha value is -2.09. The molecule has 28 heavy (non-hydrogen) atoms. The fourth-order valence-electron chi connectivity index (χ4n) is 2.85. The van der Waals surface area contributed by atoms with Crippen molar-refractivity contribution in [3.8, 4) is 0 Å². The maximum atomic E-state index is 13.3. The van der Waals surface area contributed by atoms with Crippen LogP contribution < -0.4 is 5.32 Å². The van der Waals surface area contributed by atoms with Gasteiger partial charge in [0.1, 0.15) is 6.04 Å². The minimum atomic E-state index is -4.04. The summed E-state index contributed by atoms with van der Waals surface area (Å²) in [5.74, 6) is -1.16. The number of carboxylic acids is 1. The highest BCUT2D eigenvalue weighted by atomic mass is 35.5. The molecule has 2 rings (SSSR count). The molecule has 8 heteroatoms. The molecule has 0 aromatic heterocycles. The summed E-state index contributed by atoms with van der Waals surface area (Å²) in [7, 11) is -2.26. The molecule has 0 aliphatic heterocycles. The number of hydrogen-bond donors (Lipinski definition) is 2. The molecule has 2 N–H and O–H groups in total. The molecule has 0 saturated heterocycles. The van der Waals surface area contributed by atoms with Crippen LogP contribution in [-0.2, 0) is 21.4 Å². The van der Waals surface area contributed by atoms with Gasteiger partial charge in [-0.1, -0.05) is 37.6 Å². The Morgan fingerprint density at radius 3 is 2.14 bits per heavy atom. The van der Waals surface area contributed by atoms with E-state index in [1.54, 1.807) is 19.2 Å². The predicted octanol–water partition coefficient (Wildman–Crippen LogP) is 4.07. The first kappa shape index (κ1) is 22.2. The zero-order chi connectivity index (χ0) is 20.9. The number of carboxylic acid groups (broad SMARTS) is 1. The van der Waals surface area contributed by atoms with Gasteiger partial charge in [-0.25, -0.2) is 8.42 Å². The van der Waals surface area contributed by atoms with Gasteiger partial charge in [0, 0.05) is 24.3 Å². The van der Waals surface area contributed by atoms with Gasteiger partial charge in [-0.2, -0.15) is 4.31 Å². The molecule has 0 unspecified atom stereocenters. The fraction of sp³-hybridized carbons (Fsp3) is 0.350. The van der Waals surface area contributed by atoms with Crippen LogP contribution in [-0.4, -0.2) is 36.9 Å². The Kier molecular flexibility index (Phi) is 7.46. The molecular weight excluding hydrogens is 400 g/mol. The second-order valence-corrected chi connectivity index (χ2v) is 9.26. The van der Waals surface area contributed by atoms with Crippen LogP contribution in [0.5, 0.6) is 0 Å². The zero-order valence-corrected chi connectivity index (χ0v) is 17.7.